The number of Topliss-reactive ketones (excluding diaryl/α,β-unsaturated/α-hetero) is 1. The van der Waals surface area contributed by atoms with Gasteiger partial charge in [0.25, 0.3) is 11.2 Å². The molecule has 0 radical (unpaired) electrons. The lowest BCUT2D eigenvalue weighted by Crippen LogP contribution is -2.09. The van der Waals surface area contributed by atoms with Gasteiger partial charge < -0.3 is 4.98 Å². The first-order valence-corrected chi connectivity index (χ1v) is 6.19. The van der Waals surface area contributed by atoms with Crippen molar-refractivity contribution >= 4 is 22.4 Å². The molecule has 0 saturated carbocycles. The lowest BCUT2D eigenvalue weighted by atomic mass is 10.0. The summed E-state index contributed by atoms with van der Waals surface area (Å²) in [4.78, 5) is 40.1. The number of ketones is 1. The summed E-state index contributed by atoms with van der Waals surface area (Å²) >= 11 is 0. The number of hydrogen-bond acceptors (Lipinski definition) is 5. The highest BCUT2D eigenvalue weighted by Crippen LogP contribution is 2.24. The molecular weight excluding hydrogens is 262 g/mol. The Labute approximate surface area is 113 Å². The zero-order valence-corrected chi connectivity index (χ0v) is 10.9. The number of fused-ring (bicyclic) bond motifs is 1. The molecule has 0 amide bonds. The van der Waals surface area contributed by atoms with Crippen LogP contribution < -0.4 is 5.56 Å². The van der Waals surface area contributed by atoms with Crippen LogP contribution in [0.2, 0.25) is 0 Å². The average molecular weight is 275 g/mol. The summed E-state index contributed by atoms with van der Waals surface area (Å²) in [6.45, 7) is 1.87. The maximum atomic E-state index is 11.7. The monoisotopic (exact) mass is 275 g/mol. The van der Waals surface area contributed by atoms with Crippen molar-refractivity contribution in [2.24, 2.45) is 0 Å². The second-order valence-corrected chi connectivity index (χ2v) is 4.45. The Morgan fingerprint density at radius 2 is 2.20 bits per heavy atom. The zero-order chi connectivity index (χ0) is 14.7. The SMILES string of the molecule is CCCC(=O)Cc1cc2nc[nH]c(=O)c2cc1[N+](=O)[O-]. The van der Waals surface area contributed by atoms with E-state index in [9.17, 15) is 19.7 Å². The van der Waals surface area contributed by atoms with Crippen molar-refractivity contribution in [2.45, 2.75) is 26.2 Å². The van der Waals surface area contributed by atoms with Crippen molar-refractivity contribution in [1.29, 1.82) is 0 Å². The number of hydrogen-bond donors (Lipinski definition) is 1. The van der Waals surface area contributed by atoms with E-state index in [1.807, 2.05) is 6.92 Å². The summed E-state index contributed by atoms with van der Waals surface area (Å²) in [7, 11) is 0. The molecule has 1 N–H and O–H groups in total. The smallest absolute Gasteiger partial charge is 0.273 e. The summed E-state index contributed by atoms with van der Waals surface area (Å²) in [6.07, 6.45) is 2.28. The molecule has 0 bridgehead atoms. The van der Waals surface area contributed by atoms with Crippen molar-refractivity contribution in [3.05, 3.63) is 44.5 Å². The maximum absolute atomic E-state index is 11.7. The summed E-state index contributed by atoms with van der Waals surface area (Å²) in [5.74, 6) is -0.0696. The molecule has 1 aromatic carbocycles. The van der Waals surface area contributed by atoms with E-state index in [2.05, 4.69) is 9.97 Å². The van der Waals surface area contributed by atoms with Crippen molar-refractivity contribution < 1.29 is 9.72 Å². The van der Waals surface area contributed by atoms with E-state index in [4.69, 9.17) is 0 Å². The fourth-order valence-electron chi connectivity index (χ4n) is 2.04. The third kappa shape index (κ3) is 2.71. The van der Waals surface area contributed by atoms with Crippen LogP contribution in [0.4, 0.5) is 5.69 Å². The van der Waals surface area contributed by atoms with Crippen LogP contribution in [-0.4, -0.2) is 20.7 Å². The third-order valence-electron chi connectivity index (χ3n) is 2.95. The van der Waals surface area contributed by atoms with Crippen LogP contribution in [0, 0.1) is 10.1 Å². The molecule has 0 aliphatic rings. The minimum atomic E-state index is -0.583. The number of benzene rings is 1. The number of nitrogens with one attached hydrogen (secondary N) is 1. The molecule has 7 nitrogen and oxygen atoms in total. The first kappa shape index (κ1) is 13.9. The summed E-state index contributed by atoms with van der Waals surface area (Å²) in [5, 5.41) is 11.2. The highest BCUT2D eigenvalue weighted by atomic mass is 16.6. The minimum Gasteiger partial charge on any atom is -0.313 e. The number of H-pyrrole nitrogens is 1. The number of nitrogens with zero attached hydrogens (tertiary/aromatic N) is 2. The predicted molar refractivity (Wildman–Crippen MR) is 72.6 cm³/mol. The summed E-state index contributed by atoms with van der Waals surface area (Å²) in [5.41, 5.74) is -0.0253. The lowest BCUT2D eigenvalue weighted by Gasteiger charge is -2.04. The molecule has 7 heteroatoms. The van der Waals surface area contributed by atoms with Crippen LogP contribution in [0.25, 0.3) is 10.9 Å². The summed E-state index contributed by atoms with van der Waals surface area (Å²) in [6, 6.07) is 2.62. The standard InChI is InChI=1S/C13H13N3O4/c1-2-3-9(17)4-8-5-11-10(6-12(8)16(19)20)13(18)15-7-14-11/h5-7H,2-4H2,1H3,(H,14,15,18). The van der Waals surface area contributed by atoms with Gasteiger partial charge in [-0.15, -0.1) is 0 Å². The van der Waals surface area contributed by atoms with Crippen molar-refractivity contribution in [1.82, 2.24) is 9.97 Å². The number of nitro benzene ring substituents is 1. The van der Waals surface area contributed by atoms with E-state index in [0.717, 1.165) is 0 Å². The predicted octanol–water partition coefficient (Wildman–Crippen LogP) is 1.74. The summed E-state index contributed by atoms with van der Waals surface area (Å²) < 4.78 is 0. The largest absolute Gasteiger partial charge is 0.313 e. The van der Waals surface area contributed by atoms with Gasteiger partial charge >= 0.3 is 0 Å². The minimum absolute atomic E-state index is 0.0193. The Bertz CT molecular complexity index is 736. The highest BCUT2D eigenvalue weighted by Gasteiger charge is 2.19. The fourth-order valence-corrected chi connectivity index (χ4v) is 2.04. The van der Waals surface area contributed by atoms with Gasteiger partial charge in [-0.1, -0.05) is 6.92 Å². The van der Waals surface area contributed by atoms with Gasteiger partial charge in [-0.25, -0.2) is 4.98 Å². The van der Waals surface area contributed by atoms with Gasteiger partial charge in [0.15, 0.2) is 0 Å². The van der Waals surface area contributed by atoms with Gasteiger partial charge in [-0.2, -0.15) is 0 Å². The van der Waals surface area contributed by atoms with Gasteiger partial charge in [0.05, 0.1) is 22.2 Å². The first-order chi connectivity index (χ1) is 9.52. The van der Waals surface area contributed by atoms with E-state index in [1.165, 1.54) is 18.5 Å². The molecule has 104 valence electrons. The van der Waals surface area contributed by atoms with Crippen molar-refractivity contribution in [3.63, 3.8) is 0 Å². The van der Waals surface area contributed by atoms with Gasteiger partial charge in [0.1, 0.15) is 5.78 Å². The van der Waals surface area contributed by atoms with Gasteiger partial charge in [-0.05, 0) is 12.5 Å². The van der Waals surface area contributed by atoms with Crippen LogP contribution in [0.15, 0.2) is 23.3 Å². The molecule has 0 aliphatic heterocycles. The number of carbonyl (C=O) groups is 1. The quantitative estimate of drug-likeness (QED) is 0.660. The van der Waals surface area contributed by atoms with Crippen LogP contribution in [0.3, 0.4) is 0 Å². The van der Waals surface area contributed by atoms with E-state index in [1.54, 1.807) is 0 Å². The number of nitro groups is 1. The number of carbonyl (C=O) groups excluding carboxylic acids is 1. The fraction of sp³-hybridized carbons (Fsp3) is 0.308. The average Bonchev–Trinajstić information content (AvgIpc) is 2.38. The van der Waals surface area contributed by atoms with Crippen LogP contribution in [0.1, 0.15) is 25.3 Å². The topological polar surface area (TPSA) is 106 Å². The highest BCUT2D eigenvalue weighted by molar-refractivity contribution is 5.86. The Hall–Kier alpha value is -2.57. The third-order valence-corrected chi connectivity index (χ3v) is 2.95. The lowest BCUT2D eigenvalue weighted by molar-refractivity contribution is -0.385. The van der Waals surface area contributed by atoms with Gasteiger partial charge in [0, 0.05) is 24.5 Å². The van der Waals surface area contributed by atoms with Crippen LogP contribution >= 0.6 is 0 Å². The number of rotatable bonds is 5. The second-order valence-electron chi connectivity index (χ2n) is 4.45. The molecule has 0 unspecified atom stereocenters. The van der Waals surface area contributed by atoms with E-state index >= 15 is 0 Å². The molecule has 1 heterocycles. The molecule has 0 spiro atoms. The first-order valence-electron chi connectivity index (χ1n) is 6.19. The zero-order valence-electron chi connectivity index (χ0n) is 10.9. The molecule has 0 fully saturated rings. The molecule has 0 saturated heterocycles. The molecular formula is C13H13N3O4. The molecule has 1 aromatic heterocycles. The number of aromatic amines is 1. The molecule has 0 aliphatic carbocycles. The van der Waals surface area contributed by atoms with Gasteiger partial charge in [-0.3, -0.25) is 19.7 Å². The van der Waals surface area contributed by atoms with Crippen LogP contribution in [-0.2, 0) is 11.2 Å². The van der Waals surface area contributed by atoms with E-state index in [-0.39, 0.29) is 23.3 Å². The molecule has 0 atom stereocenters. The van der Waals surface area contributed by atoms with Gasteiger partial charge in [0.2, 0.25) is 0 Å². The number of aromatic nitrogens is 2. The van der Waals surface area contributed by atoms with E-state index in [0.29, 0.717) is 23.9 Å². The van der Waals surface area contributed by atoms with Crippen LogP contribution in [0.5, 0.6) is 0 Å². The normalized spacial score (nSPS) is 10.7. The van der Waals surface area contributed by atoms with Crippen molar-refractivity contribution in [3.8, 4) is 0 Å². The Morgan fingerprint density at radius 3 is 2.85 bits per heavy atom. The second kappa shape index (κ2) is 5.60. The molecule has 20 heavy (non-hydrogen) atoms. The Morgan fingerprint density at radius 1 is 1.45 bits per heavy atom. The maximum Gasteiger partial charge on any atom is 0.273 e. The van der Waals surface area contributed by atoms with E-state index < -0.39 is 10.5 Å². The Balaban J connectivity index is 2.57. The molecule has 2 rings (SSSR count). The molecule has 2 aromatic rings. The Kier molecular flexibility index (Phi) is 3.88. The van der Waals surface area contributed by atoms with Crippen molar-refractivity contribution in [2.75, 3.05) is 0 Å².